The Bertz CT molecular complexity index is 1050. The molecule has 0 aliphatic carbocycles. The number of benzene rings is 2. The minimum Gasteiger partial charge on any atom is -0.291 e. The van der Waals surface area contributed by atoms with Gasteiger partial charge in [-0.05, 0) is 24.1 Å². The number of sulfone groups is 1. The smallest absolute Gasteiger partial charge is 0.151 e. The van der Waals surface area contributed by atoms with Gasteiger partial charge in [-0.15, -0.1) is 0 Å². The van der Waals surface area contributed by atoms with E-state index in [0.717, 1.165) is 22.4 Å². The fourth-order valence-electron chi connectivity index (χ4n) is 3.74. The number of rotatable bonds is 6. The van der Waals surface area contributed by atoms with Gasteiger partial charge in [0.2, 0.25) is 0 Å². The van der Waals surface area contributed by atoms with Crippen LogP contribution >= 0.6 is 0 Å². The van der Waals surface area contributed by atoms with Crippen molar-refractivity contribution in [2.24, 2.45) is 0 Å². The monoisotopic (exact) mass is 399 g/mol. The van der Waals surface area contributed by atoms with Crippen molar-refractivity contribution in [3.8, 4) is 11.3 Å². The van der Waals surface area contributed by atoms with Crippen LogP contribution in [0.4, 0.5) is 4.39 Å². The van der Waals surface area contributed by atoms with Gasteiger partial charge in [0.25, 0.3) is 0 Å². The van der Waals surface area contributed by atoms with Crippen LogP contribution in [0.25, 0.3) is 11.3 Å². The van der Waals surface area contributed by atoms with Crippen LogP contribution in [-0.4, -0.2) is 41.1 Å². The van der Waals surface area contributed by atoms with Gasteiger partial charge < -0.3 is 0 Å². The van der Waals surface area contributed by atoms with Crippen molar-refractivity contribution in [3.63, 3.8) is 0 Å². The van der Waals surface area contributed by atoms with Crippen molar-refractivity contribution in [2.75, 3.05) is 11.5 Å². The predicted octanol–water partition coefficient (Wildman–Crippen LogP) is 3.41. The topological polar surface area (TPSA) is 66.1 Å². The van der Waals surface area contributed by atoms with E-state index in [2.05, 4.69) is 15.1 Å². The lowest BCUT2D eigenvalue weighted by Gasteiger charge is -2.28. The highest BCUT2D eigenvalue weighted by atomic mass is 32.2. The molecule has 0 amide bonds. The summed E-state index contributed by atoms with van der Waals surface area (Å²) >= 11 is 0. The summed E-state index contributed by atoms with van der Waals surface area (Å²) in [6.07, 6.45) is 2.37. The Morgan fingerprint density at radius 2 is 1.93 bits per heavy atom. The van der Waals surface area contributed by atoms with Crippen LogP contribution in [0.5, 0.6) is 0 Å². The number of aromatic nitrogens is 2. The molecule has 1 aliphatic heterocycles. The minimum absolute atomic E-state index is 0.0412. The van der Waals surface area contributed by atoms with E-state index in [1.165, 1.54) is 12.1 Å². The second-order valence-corrected chi connectivity index (χ2v) is 9.46. The molecule has 4 rings (SSSR count). The van der Waals surface area contributed by atoms with Crippen LogP contribution in [0.3, 0.4) is 0 Å². The lowest BCUT2D eigenvalue weighted by Crippen LogP contribution is -2.35. The molecule has 0 bridgehead atoms. The lowest BCUT2D eigenvalue weighted by atomic mass is 10.1. The number of halogens is 1. The maximum absolute atomic E-state index is 13.7. The molecule has 7 heteroatoms. The normalized spacial score (nSPS) is 18.6. The molecule has 146 valence electrons. The third-order valence-electron chi connectivity index (χ3n) is 5.16. The van der Waals surface area contributed by atoms with Crippen molar-refractivity contribution in [1.29, 1.82) is 0 Å². The first kappa shape index (κ1) is 18.8. The maximum Gasteiger partial charge on any atom is 0.151 e. The molecule has 5 nitrogen and oxygen atoms in total. The van der Waals surface area contributed by atoms with Gasteiger partial charge in [-0.3, -0.25) is 10.00 Å². The Kier molecular flexibility index (Phi) is 5.28. The number of aromatic amines is 1. The standard InChI is InChI=1S/C21H22FN3O2S/c22-19-8-4-7-17(11-19)21-18(12-23-24-21)14-25(13-16-5-2-1-3-6-16)20-9-10-28(26,27)15-20/h1-8,11-12,20H,9-10,13-15H2,(H,23,24). The van der Waals surface area contributed by atoms with Gasteiger partial charge in [0, 0.05) is 30.3 Å². The molecule has 1 aromatic heterocycles. The quantitative estimate of drug-likeness (QED) is 0.690. The number of nitrogens with one attached hydrogen (secondary N) is 1. The summed E-state index contributed by atoms with van der Waals surface area (Å²) in [4.78, 5) is 2.19. The van der Waals surface area contributed by atoms with E-state index in [4.69, 9.17) is 0 Å². The highest BCUT2D eigenvalue weighted by Gasteiger charge is 2.32. The van der Waals surface area contributed by atoms with Gasteiger partial charge in [-0.2, -0.15) is 5.10 Å². The summed E-state index contributed by atoms with van der Waals surface area (Å²) in [5.74, 6) is 0.0963. The highest BCUT2D eigenvalue weighted by molar-refractivity contribution is 7.91. The molecule has 1 aliphatic rings. The Hall–Kier alpha value is -2.51. The van der Waals surface area contributed by atoms with Crippen LogP contribution in [-0.2, 0) is 22.9 Å². The number of H-pyrrole nitrogens is 1. The van der Waals surface area contributed by atoms with E-state index in [-0.39, 0.29) is 23.4 Å². The first-order valence-corrected chi connectivity index (χ1v) is 11.1. The van der Waals surface area contributed by atoms with Crippen molar-refractivity contribution in [3.05, 3.63) is 77.7 Å². The van der Waals surface area contributed by atoms with Gasteiger partial charge in [0.15, 0.2) is 9.84 Å². The van der Waals surface area contributed by atoms with E-state index in [9.17, 15) is 12.8 Å². The zero-order valence-corrected chi connectivity index (χ0v) is 16.2. The van der Waals surface area contributed by atoms with Gasteiger partial charge in [0.1, 0.15) is 5.82 Å². The Balaban J connectivity index is 1.62. The largest absolute Gasteiger partial charge is 0.291 e. The SMILES string of the molecule is O=S1(=O)CCC(N(Cc2ccccc2)Cc2cn[nH]c2-c2cccc(F)c2)C1. The fourth-order valence-corrected chi connectivity index (χ4v) is 5.50. The van der Waals surface area contributed by atoms with E-state index in [1.807, 2.05) is 36.4 Å². The van der Waals surface area contributed by atoms with Crippen molar-refractivity contribution in [2.45, 2.75) is 25.6 Å². The summed E-state index contributed by atoms with van der Waals surface area (Å²) in [7, 11) is -2.99. The summed E-state index contributed by atoms with van der Waals surface area (Å²) in [5.41, 5.74) is 3.54. The van der Waals surface area contributed by atoms with Gasteiger partial charge in [-0.1, -0.05) is 42.5 Å². The molecule has 0 spiro atoms. The molecule has 2 heterocycles. The average Bonchev–Trinajstić information content (AvgIpc) is 3.28. The summed E-state index contributed by atoms with van der Waals surface area (Å²) in [6, 6.07) is 16.3. The Labute approximate surface area is 164 Å². The van der Waals surface area contributed by atoms with Gasteiger partial charge >= 0.3 is 0 Å². The maximum atomic E-state index is 13.7. The minimum atomic E-state index is -2.99. The average molecular weight is 399 g/mol. The third-order valence-corrected chi connectivity index (χ3v) is 6.91. The van der Waals surface area contributed by atoms with Gasteiger partial charge in [0.05, 0.1) is 23.4 Å². The Morgan fingerprint density at radius 1 is 1.11 bits per heavy atom. The molecule has 1 fully saturated rings. The number of hydrogen-bond donors (Lipinski definition) is 1. The number of hydrogen-bond acceptors (Lipinski definition) is 4. The van der Waals surface area contributed by atoms with Crippen LogP contribution < -0.4 is 0 Å². The second-order valence-electron chi connectivity index (χ2n) is 7.23. The summed E-state index contributed by atoms with van der Waals surface area (Å²) < 4.78 is 37.7. The third kappa shape index (κ3) is 4.31. The molecule has 1 unspecified atom stereocenters. The molecule has 1 saturated heterocycles. The van der Waals surface area contributed by atoms with Crippen molar-refractivity contribution in [1.82, 2.24) is 15.1 Å². The molecule has 28 heavy (non-hydrogen) atoms. The van der Waals surface area contributed by atoms with E-state index >= 15 is 0 Å². The van der Waals surface area contributed by atoms with Gasteiger partial charge in [-0.25, -0.2) is 12.8 Å². The number of nitrogens with zero attached hydrogens (tertiary/aromatic N) is 2. The second kappa shape index (κ2) is 7.85. The molecule has 1 N–H and O–H groups in total. The van der Waals surface area contributed by atoms with E-state index in [1.54, 1.807) is 12.3 Å². The zero-order chi connectivity index (χ0) is 19.6. The molecular weight excluding hydrogens is 377 g/mol. The van der Waals surface area contributed by atoms with Crippen LogP contribution in [0.1, 0.15) is 17.5 Å². The molecule has 3 aromatic rings. The molecular formula is C21H22FN3O2S. The zero-order valence-electron chi connectivity index (χ0n) is 15.4. The van der Waals surface area contributed by atoms with E-state index < -0.39 is 9.84 Å². The summed E-state index contributed by atoms with van der Waals surface area (Å²) in [5, 5.41) is 7.11. The lowest BCUT2D eigenvalue weighted by molar-refractivity contribution is 0.194. The fraction of sp³-hybridized carbons (Fsp3) is 0.286. The summed E-state index contributed by atoms with van der Waals surface area (Å²) in [6.45, 7) is 1.19. The van der Waals surface area contributed by atoms with Crippen molar-refractivity contribution < 1.29 is 12.8 Å². The first-order valence-electron chi connectivity index (χ1n) is 9.27. The van der Waals surface area contributed by atoms with Crippen LogP contribution in [0.15, 0.2) is 60.8 Å². The molecule has 2 aromatic carbocycles. The highest BCUT2D eigenvalue weighted by Crippen LogP contribution is 2.27. The van der Waals surface area contributed by atoms with E-state index in [0.29, 0.717) is 19.5 Å². The molecule has 0 saturated carbocycles. The first-order chi connectivity index (χ1) is 13.5. The molecule has 0 radical (unpaired) electrons. The Morgan fingerprint density at radius 3 is 2.64 bits per heavy atom. The van der Waals surface area contributed by atoms with Crippen molar-refractivity contribution >= 4 is 9.84 Å². The van der Waals surface area contributed by atoms with Crippen LogP contribution in [0.2, 0.25) is 0 Å². The predicted molar refractivity (Wildman–Crippen MR) is 107 cm³/mol. The molecule has 1 atom stereocenters. The van der Waals surface area contributed by atoms with Crippen LogP contribution in [0, 0.1) is 5.82 Å².